The number of ether oxygens (including phenoxy) is 2. The molecule has 2 rings (SSSR count). The highest BCUT2D eigenvalue weighted by Gasteiger charge is 2.31. The zero-order valence-electron chi connectivity index (χ0n) is 15.3. The first-order valence-corrected chi connectivity index (χ1v) is 10.2. The van der Waals surface area contributed by atoms with Crippen molar-refractivity contribution in [1.29, 1.82) is 0 Å². The van der Waals surface area contributed by atoms with Crippen molar-refractivity contribution in [2.24, 2.45) is 0 Å². The van der Waals surface area contributed by atoms with Gasteiger partial charge in [-0.2, -0.15) is 13.2 Å². The van der Waals surface area contributed by atoms with Gasteiger partial charge in [-0.25, -0.2) is 4.79 Å². The van der Waals surface area contributed by atoms with Gasteiger partial charge in [-0.05, 0) is 62.8 Å². The van der Waals surface area contributed by atoms with E-state index in [9.17, 15) is 18.0 Å². The van der Waals surface area contributed by atoms with Crippen molar-refractivity contribution < 1.29 is 27.4 Å². The lowest BCUT2D eigenvalue weighted by Gasteiger charge is -2.34. The van der Waals surface area contributed by atoms with Crippen molar-refractivity contribution in [1.82, 2.24) is 4.90 Å². The second-order valence-electron chi connectivity index (χ2n) is 6.70. The number of amides is 1. The standard InChI is InChI=1S/C19H25BrF3NO3/c1-24(15-6-10-16(11-7-15)26-13-3-2-12-20)18(25)27-17-8-4-14(5-9-17)19(21,22)23/h4-5,8-9,15-16H,2-3,6-7,10-13H2,1H3. The largest absolute Gasteiger partial charge is 0.416 e. The Kier molecular flexibility index (Phi) is 8.41. The van der Waals surface area contributed by atoms with E-state index in [4.69, 9.17) is 9.47 Å². The van der Waals surface area contributed by atoms with Crippen LogP contribution in [0.4, 0.5) is 18.0 Å². The van der Waals surface area contributed by atoms with Gasteiger partial charge in [0.25, 0.3) is 0 Å². The number of rotatable bonds is 7. The van der Waals surface area contributed by atoms with Crippen molar-refractivity contribution in [3.05, 3.63) is 29.8 Å². The van der Waals surface area contributed by atoms with Gasteiger partial charge in [0.1, 0.15) is 5.75 Å². The van der Waals surface area contributed by atoms with E-state index in [0.717, 1.165) is 74.7 Å². The zero-order valence-corrected chi connectivity index (χ0v) is 16.9. The predicted molar refractivity (Wildman–Crippen MR) is 100 cm³/mol. The number of hydrogen-bond donors (Lipinski definition) is 0. The normalized spacial score (nSPS) is 20.3. The Hall–Kier alpha value is -1.28. The quantitative estimate of drug-likeness (QED) is 0.397. The number of hydrogen-bond acceptors (Lipinski definition) is 3. The molecule has 1 aromatic carbocycles. The SMILES string of the molecule is CN(C(=O)Oc1ccc(C(F)(F)F)cc1)C1CCC(OCCCCBr)CC1. The number of carbonyl (C=O) groups excluding carboxylic acids is 1. The summed E-state index contributed by atoms with van der Waals surface area (Å²) in [6, 6.07) is 4.18. The molecule has 1 amide bonds. The van der Waals surface area contributed by atoms with E-state index in [1.165, 1.54) is 4.90 Å². The maximum Gasteiger partial charge on any atom is 0.416 e. The van der Waals surface area contributed by atoms with Crippen LogP contribution in [0.25, 0.3) is 0 Å². The van der Waals surface area contributed by atoms with E-state index in [1.54, 1.807) is 7.05 Å². The second kappa shape index (κ2) is 10.3. The topological polar surface area (TPSA) is 38.8 Å². The highest BCUT2D eigenvalue weighted by molar-refractivity contribution is 9.09. The maximum atomic E-state index is 12.6. The average Bonchev–Trinajstić information content (AvgIpc) is 2.65. The van der Waals surface area contributed by atoms with Gasteiger partial charge in [0.2, 0.25) is 0 Å². The monoisotopic (exact) mass is 451 g/mol. The Morgan fingerprint density at radius 3 is 2.33 bits per heavy atom. The van der Waals surface area contributed by atoms with E-state index >= 15 is 0 Å². The molecule has 1 fully saturated rings. The summed E-state index contributed by atoms with van der Waals surface area (Å²) in [6.07, 6.45) is 0.802. The molecule has 8 heteroatoms. The number of halogens is 4. The van der Waals surface area contributed by atoms with Crippen LogP contribution in [0.3, 0.4) is 0 Å². The van der Waals surface area contributed by atoms with Gasteiger partial charge in [-0.3, -0.25) is 0 Å². The van der Waals surface area contributed by atoms with E-state index in [2.05, 4.69) is 15.9 Å². The molecular weight excluding hydrogens is 427 g/mol. The number of benzene rings is 1. The molecule has 0 unspecified atom stereocenters. The van der Waals surface area contributed by atoms with Crippen LogP contribution in [0.2, 0.25) is 0 Å². The van der Waals surface area contributed by atoms with E-state index < -0.39 is 17.8 Å². The molecule has 1 aromatic rings. The summed E-state index contributed by atoms with van der Waals surface area (Å²) in [4.78, 5) is 13.8. The van der Waals surface area contributed by atoms with Crippen LogP contribution in [-0.2, 0) is 10.9 Å². The Morgan fingerprint density at radius 2 is 1.78 bits per heavy atom. The van der Waals surface area contributed by atoms with Crippen LogP contribution in [0.15, 0.2) is 24.3 Å². The Balaban J connectivity index is 1.77. The van der Waals surface area contributed by atoms with E-state index in [1.807, 2.05) is 0 Å². The molecule has 0 aromatic heterocycles. The van der Waals surface area contributed by atoms with Crippen molar-refractivity contribution in [2.75, 3.05) is 19.0 Å². The summed E-state index contributed by atoms with van der Waals surface area (Å²) in [5.41, 5.74) is -0.773. The number of unbranched alkanes of at least 4 members (excludes halogenated alkanes) is 1. The van der Waals surface area contributed by atoms with E-state index in [0.29, 0.717) is 0 Å². The van der Waals surface area contributed by atoms with Crippen molar-refractivity contribution in [3.8, 4) is 5.75 Å². The van der Waals surface area contributed by atoms with Gasteiger partial charge in [-0.1, -0.05) is 15.9 Å². The average molecular weight is 452 g/mol. The second-order valence-corrected chi connectivity index (χ2v) is 7.49. The smallest absolute Gasteiger partial charge is 0.410 e. The fourth-order valence-electron chi connectivity index (χ4n) is 3.08. The molecular formula is C19H25BrF3NO3. The van der Waals surface area contributed by atoms with Crippen LogP contribution in [0, 0.1) is 0 Å². The third-order valence-corrected chi connectivity index (χ3v) is 5.31. The maximum absolute atomic E-state index is 12.6. The lowest BCUT2D eigenvalue weighted by Crippen LogP contribution is -2.42. The minimum atomic E-state index is -4.41. The first-order valence-electron chi connectivity index (χ1n) is 9.10. The minimum Gasteiger partial charge on any atom is -0.410 e. The van der Waals surface area contributed by atoms with Gasteiger partial charge in [0, 0.05) is 25.0 Å². The molecule has 0 spiro atoms. The lowest BCUT2D eigenvalue weighted by molar-refractivity contribution is -0.137. The summed E-state index contributed by atoms with van der Waals surface area (Å²) in [7, 11) is 1.66. The van der Waals surface area contributed by atoms with Crippen LogP contribution < -0.4 is 4.74 Å². The summed E-state index contributed by atoms with van der Waals surface area (Å²) in [5, 5.41) is 0.981. The van der Waals surface area contributed by atoms with Gasteiger partial charge in [-0.15, -0.1) is 0 Å². The first kappa shape index (κ1) is 22.0. The predicted octanol–water partition coefficient (Wildman–Crippen LogP) is 5.64. The highest BCUT2D eigenvalue weighted by Crippen LogP contribution is 2.30. The molecule has 1 aliphatic carbocycles. The molecule has 27 heavy (non-hydrogen) atoms. The number of alkyl halides is 4. The van der Waals surface area contributed by atoms with Crippen LogP contribution in [0.1, 0.15) is 44.1 Å². The molecule has 0 atom stereocenters. The molecule has 1 aliphatic rings. The summed E-state index contributed by atoms with van der Waals surface area (Å²) in [6.45, 7) is 0.757. The van der Waals surface area contributed by atoms with Crippen molar-refractivity contribution >= 4 is 22.0 Å². The molecule has 152 valence electrons. The van der Waals surface area contributed by atoms with Crippen molar-refractivity contribution in [2.45, 2.75) is 56.8 Å². The Morgan fingerprint density at radius 1 is 1.15 bits per heavy atom. The third kappa shape index (κ3) is 6.99. The fourth-order valence-corrected chi connectivity index (χ4v) is 3.48. The first-order chi connectivity index (χ1) is 12.8. The molecule has 0 radical (unpaired) electrons. The van der Waals surface area contributed by atoms with Gasteiger partial charge in [0.15, 0.2) is 0 Å². The summed E-state index contributed by atoms with van der Waals surface area (Å²) in [5.74, 6) is 0.101. The zero-order chi connectivity index (χ0) is 19.9. The van der Waals surface area contributed by atoms with E-state index in [-0.39, 0.29) is 17.9 Å². The Labute approximate surface area is 166 Å². The minimum absolute atomic E-state index is 0.0503. The third-order valence-electron chi connectivity index (χ3n) is 4.75. The summed E-state index contributed by atoms with van der Waals surface area (Å²) >= 11 is 3.39. The molecule has 0 aliphatic heterocycles. The molecule has 0 N–H and O–H groups in total. The van der Waals surface area contributed by atoms with Gasteiger partial charge < -0.3 is 14.4 Å². The molecule has 1 saturated carbocycles. The number of carbonyl (C=O) groups is 1. The molecule has 0 heterocycles. The van der Waals surface area contributed by atoms with Crippen LogP contribution in [-0.4, -0.2) is 42.1 Å². The van der Waals surface area contributed by atoms with Gasteiger partial charge >= 0.3 is 12.3 Å². The highest BCUT2D eigenvalue weighted by atomic mass is 79.9. The lowest BCUT2D eigenvalue weighted by atomic mass is 9.92. The fraction of sp³-hybridized carbons (Fsp3) is 0.632. The Bertz CT molecular complexity index is 587. The van der Waals surface area contributed by atoms with Crippen LogP contribution >= 0.6 is 15.9 Å². The molecule has 0 saturated heterocycles. The van der Waals surface area contributed by atoms with Crippen LogP contribution in [0.5, 0.6) is 5.75 Å². The summed E-state index contributed by atoms with van der Waals surface area (Å²) < 4.78 is 48.8. The molecule has 4 nitrogen and oxygen atoms in total. The molecule has 0 bridgehead atoms. The van der Waals surface area contributed by atoms with Gasteiger partial charge in [0.05, 0.1) is 11.7 Å². The van der Waals surface area contributed by atoms with Crippen molar-refractivity contribution in [3.63, 3.8) is 0 Å². The number of nitrogens with zero attached hydrogens (tertiary/aromatic N) is 1.